The first kappa shape index (κ1) is 21.2. The number of unbranched alkanes of at least 4 members (excludes halogenated alkanes) is 2. The second-order valence-corrected chi connectivity index (χ2v) is 10.4. The van der Waals surface area contributed by atoms with Crippen molar-refractivity contribution in [2.75, 3.05) is 6.61 Å². The number of benzene rings is 1. The highest BCUT2D eigenvalue weighted by Gasteiger charge is 2.23. The van der Waals surface area contributed by atoms with E-state index in [1.807, 2.05) is 33.2 Å². The molecule has 0 saturated heterocycles. The van der Waals surface area contributed by atoms with Gasteiger partial charge in [-0.3, -0.25) is 0 Å². The van der Waals surface area contributed by atoms with Crippen LogP contribution in [-0.4, -0.2) is 25.7 Å². The number of nitrogens with zero attached hydrogens (tertiary/aromatic N) is 1. The molecule has 2 rings (SSSR count). The minimum absolute atomic E-state index is 0.0466. The lowest BCUT2D eigenvalue weighted by Gasteiger charge is -2.25. The van der Waals surface area contributed by atoms with Crippen molar-refractivity contribution < 1.29 is 9.32 Å². The highest BCUT2D eigenvalue weighted by atomic mass is 32.2. The summed E-state index contributed by atoms with van der Waals surface area (Å²) in [4.78, 5) is 5.52. The number of rotatable bonds is 9. The minimum Gasteiger partial charge on any atom is -0.396 e. The number of aryl methyl sites for hydroxylation is 1. The molecule has 2 N–H and O–H groups in total. The number of hydrogen-bond acceptors (Lipinski definition) is 4. The molecule has 6 heteroatoms. The van der Waals surface area contributed by atoms with Gasteiger partial charge in [-0.2, -0.15) is 0 Å². The van der Waals surface area contributed by atoms with Crippen molar-refractivity contribution in [1.29, 1.82) is 0 Å². The molecule has 1 aromatic heterocycles. The Kier molecular flexibility index (Phi) is 7.95. The molecule has 0 bridgehead atoms. The number of nitrogens with one attached hydrogen (secondary N) is 1. The van der Waals surface area contributed by atoms with Crippen LogP contribution in [0.1, 0.15) is 63.8 Å². The second kappa shape index (κ2) is 9.74. The van der Waals surface area contributed by atoms with Crippen molar-refractivity contribution >= 4 is 22.3 Å². The Morgan fingerprint density at radius 1 is 1.19 bits per heavy atom. The molecule has 1 heterocycles. The number of aliphatic hydroxyl groups is 1. The minimum atomic E-state index is -1.12. The molecule has 0 amide bonds. The van der Waals surface area contributed by atoms with E-state index in [1.54, 1.807) is 11.3 Å². The molecule has 26 heavy (non-hydrogen) atoms. The molecule has 0 radical (unpaired) electrons. The number of aliphatic hydroxyl groups excluding tert-OH is 1. The van der Waals surface area contributed by atoms with Gasteiger partial charge >= 0.3 is 0 Å². The van der Waals surface area contributed by atoms with Gasteiger partial charge in [-0.25, -0.2) is 13.9 Å². The van der Waals surface area contributed by atoms with Gasteiger partial charge in [-0.1, -0.05) is 37.1 Å². The summed E-state index contributed by atoms with van der Waals surface area (Å²) in [6.45, 7) is 8.20. The van der Waals surface area contributed by atoms with E-state index in [2.05, 4.69) is 34.0 Å². The zero-order chi connectivity index (χ0) is 19.2. The van der Waals surface area contributed by atoms with Crippen LogP contribution in [0.2, 0.25) is 0 Å². The Labute approximate surface area is 163 Å². The topological polar surface area (TPSA) is 62.2 Å². The Morgan fingerprint density at radius 3 is 2.42 bits per heavy atom. The maximum Gasteiger partial charge on any atom is 0.0975 e. The van der Waals surface area contributed by atoms with Gasteiger partial charge in [-0.15, -0.1) is 11.3 Å². The third kappa shape index (κ3) is 5.98. The van der Waals surface area contributed by atoms with Crippen molar-refractivity contribution in [3.8, 4) is 10.4 Å². The first-order chi connectivity index (χ1) is 12.3. The largest absolute Gasteiger partial charge is 0.396 e. The summed E-state index contributed by atoms with van der Waals surface area (Å²) in [6, 6.07) is 8.54. The SMILES string of the molecule is Cc1ncsc1-c1ccc([C@H](CCCCCO)N[S@](=O)C(C)(C)C)cc1. The fourth-order valence-electron chi connectivity index (χ4n) is 2.68. The smallest absolute Gasteiger partial charge is 0.0975 e. The van der Waals surface area contributed by atoms with Crippen molar-refractivity contribution in [3.63, 3.8) is 0 Å². The van der Waals surface area contributed by atoms with Crippen molar-refractivity contribution in [3.05, 3.63) is 41.0 Å². The Bertz CT molecular complexity index is 705. The van der Waals surface area contributed by atoms with Crippen molar-refractivity contribution in [2.45, 2.75) is 64.2 Å². The summed E-state index contributed by atoms with van der Waals surface area (Å²) in [5.41, 5.74) is 5.24. The predicted molar refractivity (Wildman–Crippen MR) is 112 cm³/mol. The van der Waals surface area contributed by atoms with Gasteiger partial charge in [0.15, 0.2) is 0 Å². The lowest BCUT2D eigenvalue weighted by atomic mass is 9.99. The van der Waals surface area contributed by atoms with Gasteiger partial charge in [0.1, 0.15) is 0 Å². The van der Waals surface area contributed by atoms with Crippen LogP contribution < -0.4 is 4.72 Å². The Hall–Kier alpha value is -1.08. The van der Waals surface area contributed by atoms with Crippen LogP contribution in [-0.2, 0) is 11.0 Å². The zero-order valence-electron chi connectivity index (χ0n) is 16.1. The summed E-state index contributed by atoms with van der Waals surface area (Å²) < 4.78 is 15.6. The fourth-order valence-corrected chi connectivity index (χ4v) is 4.36. The average Bonchev–Trinajstić information content (AvgIpc) is 3.03. The van der Waals surface area contributed by atoms with Crippen LogP contribution in [0.25, 0.3) is 10.4 Å². The van der Waals surface area contributed by atoms with Crippen LogP contribution in [0.3, 0.4) is 0 Å². The van der Waals surface area contributed by atoms with Crippen LogP contribution >= 0.6 is 11.3 Å². The van der Waals surface area contributed by atoms with Gasteiger partial charge in [0, 0.05) is 12.6 Å². The van der Waals surface area contributed by atoms with Gasteiger partial charge in [0.2, 0.25) is 0 Å². The molecular formula is C20H30N2O2S2. The monoisotopic (exact) mass is 394 g/mol. The summed E-state index contributed by atoms with van der Waals surface area (Å²) in [6.07, 6.45) is 3.70. The lowest BCUT2D eigenvalue weighted by Crippen LogP contribution is -2.35. The molecule has 0 aliphatic carbocycles. The number of thiazole rings is 1. The third-order valence-corrected chi connectivity index (χ3v) is 6.87. The molecule has 0 spiro atoms. The highest BCUT2D eigenvalue weighted by Crippen LogP contribution is 2.29. The van der Waals surface area contributed by atoms with E-state index in [-0.39, 0.29) is 17.4 Å². The molecule has 0 fully saturated rings. The molecule has 0 unspecified atom stereocenters. The Morgan fingerprint density at radius 2 is 1.88 bits per heavy atom. The van der Waals surface area contributed by atoms with Gasteiger partial charge in [0.25, 0.3) is 0 Å². The molecule has 144 valence electrons. The zero-order valence-corrected chi connectivity index (χ0v) is 17.8. The standard InChI is InChI=1S/C20H30N2O2S2/c1-15-19(25-14-21-15)17-11-9-16(10-12-17)18(8-6-5-7-13-23)22-26(24)20(2,3)4/h9-12,14,18,22-23H,5-8,13H2,1-4H3/t18-,26+/m0/s1. The van der Waals surface area contributed by atoms with E-state index >= 15 is 0 Å². The molecule has 0 saturated carbocycles. The van der Waals surface area contributed by atoms with E-state index < -0.39 is 11.0 Å². The molecule has 1 aromatic carbocycles. The first-order valence-electron chi connectivity index (χ1n) is 9.12. The third-order valence-electron chi connectivity index (χ3n) is 4.28. The van der Waals surface area contributed by atoms with Crippen LogP contribution in [0.5, 0.6) is 0 Å². The van der Waals surface area contributed by atoms with Crippen LogP contribution in [0.4, 0.5) is 0 Å². The molecule has 2 aromatic rings. The molecule has 4 nitrogen and oxygen atoms in total. The van der Waals surface area contributed by atoms with Crippen molar-refractivity contribution in [1.82, 2.24) is 9.71 Å². The number of aromatic nitrogens is 1. The summed E-state index contributed by atoms with van der Waals surface area (Å²) in [5, 5.41) is 8.98. The molecular weight excluding hydrogens is 364 g/mol. The maximum atomic E-state index is 12.6. The lowest BCUT2D eigenvalue weighted by molar-refractivity contribution is 0.281. The van der Waals surface area contributed by atoms with Crippen LogP contribution in [0.15, 0.2) is 29.8 Å². The van der Waals surface area contributed by atoms with E-state index in [0.717, 1.165) is 36.9 Å². The fraction of sp³-hybridized carbons (Fsp3) is 0.550. The number of hydrogen-bond donors (Lipinski definition) is 2. The van der Waals surface area contributed by atoms with E-state index in [4.69, 9.17) is 5.11 Å². The quantitative estimate of drug-likeness (QED) is 0.603. The van der Waals surface area contributed by atoms with E-state index in [0.29, 0.717) is 0 Å². The predicted octanol–water partition coefficient (Wildman–Crippen LogP) is 4.76. The van der Waals surface area contributed by atoms with Gasteiger partial charge in [0.05, 0.1) is 31.8 Å². The van der Waals surface area contributed by atoms with Crippen LogP contribution in [0, 0.1) is 6.92 Å². The normalized spacial score (nSPS) is 14.3. The molecule has 0 aliphatic rings. The highest BCUT2D eigenvalue weighted by molar-refractivity contribution is 7.84. The summed E-state index contributed by atoms with van der Waals surface area (Å²) >= 11 is 1.65. The Balaban J connectivity index is 2.15. The van der Waals surface area contributed by atoms with E-state index in [1.165, 1.54) is 10.4 Å². The maximum absolute atomic E-state index is 12.6. The van der Waals surface area contributed by atoms with Gasteiger partial charge in [-0.05, 0) is 51.7 Å². The van der Waals surface area contributed by atoms with Crippen molar-refractivity contribution in [2.24, 2.45) is 0 Å². The summed E-state index contributed by atoms with van der Waals surface area (Å²) in [7, 11) is -1.12. The van der Waals surface area contributed by atoms with Gasteiger partial charge < -0.3 is 5.11 Å². The summed E-state index contributed by atoms with van der Waals surface area (Å²) in [5.74, 6) is 0. The molecule has 2 atom stereocenters. The van der Waals surface area contributed by atoms with E-state index in [9.17, 15) is 4.21 Å². The second-order valence-electron chi connectivity index (χ2n) is 7.51. The molecule has 0 aliphatic heterocycles. The average molecular weight is 395 g/mol. The first-order valence-corrected chi connectivity index (χ1v) is 11.1.